The van der Waals surface area contributed by atoms with Crippen LogP contribution in [0.5, 0.6) is 5.75 Å². The Balaban J connectivity index is 3.50. The SMILES string of the molecule is COc1c(C(=O)CBr)ccc(C#N)c1C=O. The van der Waals surface area contributed by atoms with Crippen molar-refractivity contribution in [3.8, 4) is 11.8 Å². The lowest BCUT2D eigenvalue weighted by Crippen LogP contribution is -2.06. The van der Waals surface area contributed by atoms with Gasteiger partial charge in [-0.3, -0.25) is 9.59 Å². The third-order valence-electron chi connectivity index (χ3n) is 2.06. The van der Waals surface area contributed by atoms with Crippen LogP contribution in [0.3, 0.4) is 0 Å². The maximum Gasteiger partial charge on any atom is 0.177 e. The minimum atomic E-state index is -0.204. The molecule has 1 rings (SSSR count). The predicted molar refractivity (Wildman–Crippen MR) is 61.2 cm³/mol. The molecule has 0 aliphatic heterocycles. The summed E-state index contributed by atoms with van der Waals surface area (Å²) >= 11 is 3.04. The monoisotopic (exact) mass is 281 g/mol. The zero-order valence-corrected chi connectivity index (χ0v) is 10.1. The van der Waals surface area contributed by atoms with Gasteiger partial charge in [0.1, 0.15) is 11.8 Å². The molecule has 0 aliphatic carbocycles. The van der Waals surface area contributed by atoms with Gasteiger partial charge >= 0.3 is 0 Å². The third kappa shape index (κ3) is 2.12. The Morgan fingerprint density at radius 2 is 2.31 bits per heavy atom. The summed E-state index contributed by atoms with van der Waals surface area (Å²) in [5.74, 6) is -0.0528. The minimum Gasteiger partial charge on any atom is -0.495 e. The Labute approximate surface area is 101 Å². The smallest absolute Gasteiger partial charge is 0.177 e. The van der Waals surface area contributed by atoms with Gasteiger partial charge in [-0.25, -0.2) is 0 Å². The molecule has 1 aromatic rings. The van der Waals surface area contributed by atoms with E-state index in [0.717, 1.165) is 0 Å². The molecule has 0 aromatic heterocycles. The van der Waals surface area contributed by atoms with Crippen LogP contribution in [0.15, 0.2) is 12.1 Å². The maximum absolute atomic E-state index is 11.5. The number of alkyl halides is 1. The highest BCUT2D eigenvalue weighted by Crippen LogP contribution is 2.26. The molecule has 1 aromatic carbocycles. The zero-order chi connectivity index (χ0) is 12.1. The molecule has 16 heavy (non-hydrogen) atoms. The fourth-order valence-corrected chi connectivity index (χ4v) is 1.63. The molecule has 0 amide bonds. The Kier molecular flexibility index (Phi) is 4.20. The van der Waals surface area contributed by atoms with Crippen molar-refractivity contribution in [2.24, 2.45) is 0 Å². The maximum atomic E-state index is 11.5. The molecule has 0 aliphatic rings. The second-order valence-electron chi connectivity index (χ2n) is 2.89. The van der Waals surface area contributed by atoms with E-state index in [0.29, 0.717) is 11.8 Å². The number of carbonyl (C=O) groups excluding carboxylic acids is 2. The molecule has 0 heterocycles. The van der Waals surface area contributed by atoms with Crippen LogP contribution in [0, 0.1) is 11.3 Å². The Morgan fingerprint density at radius 1 is 1.62 bits per heavy atom. The number of hydrogen-bond donors (Lipinski definition) is 0. The molecule has 0 atom stereocenters. The molecule has 0 saturated heterocycles. The number of Topliss-reactive ketones (excluding diaryl/α,β-unsaturated/α-hetero) is 1. The van der Waals surface area contributed by atoms with Crippen LogP contribution in [0.4, 0.5) is 0 Å². The van der Waals surface area contributed by atoms with Crippen LogP contribution in [0.1, 0.15) is 26.3 Å². The number of nitriles is 1. The summed E-state index contributed by atoms with van der Waals surface area (Å²) in [4.78, 5) is 22.4. The number of halogens is 1. The first kappa shape index (κ1) is 12.4. The molecule has 0 spiro atoms. The van der Waals surface area contributed by atoms with E-state index in [4.69, 9.17) is 10.00 Å². The van der Waals surface area contributed by atoms with E-state index >= 15 is 0 Å². The van der Waals surface area contributed by atoms with Gasteiger partial charge in [0.2, 0.25) is 0 Å². The van der Waals surface area contributed by atoms with E-state index < -0.39 is 0 Å². The molecule has 0 bridgehead atoms. The van der Waals surface area contributed by atoms with E-state index in [2.05, 4.69) is 15.9 Å². The highest BCUT2D eigenvalue weighted by atomic mass is 79.9. The number of rotatable bonds is 4. The van der Waals surface area contributed by atoms with Crippen molar-refractivity contribution in [3.05, 3.63) is 28.8 Å². The number of benzene rings is 1. The number of nitrogens with zero attached hydrogens (tertiary/aromatic N) is 1. The summed E-state index contributed by atoms with van der Waals surface area (Å²) in [7, 11) is 1.36. The van der Waals surface area contributed by atoms with Gasteiger partial charge in [0.15, 0.2) is 12.1 Å². The van der Waals surface area contributed by atoms with Crippen LogP contribution in [-0.4, -0.2) is 24.5 Å². The topological polar surface area (TPSA) is 67.2 Å². The van der Waals surface area contributed by atoms with E-state index in [1.807, 2.05) is 6.07 Å². The van der Waals surface area contributed by atoms with Gasteiger partial charge in [-0.1, -0.05) is 15.9 Å². The van der Waals surface area contributed by atoms with Crippen molar-refractivity contribution >= 4 is 28.0 Å². The van der Waals surface area contributed by atoms with Gasteiger partial charge in [-0.15, -0.1) is 0 Å². The van der Waals surface area contributed by atoms with E-state index in [9.17, 15) is 9.59 Å². The van der Waals surface area contributed by atoms with Crippen molar-refractivity contribution in [1.29, 1.82) is 5.26 Å². The van der Waals surface area contributed by atoms with Crippen molar-refractivity contribution in [1.82, 2.24) is 0 Å². The number of carbonyl (C=O) groups is 2. The average molecular weight is 282 g/mol. The second kappa shape index (κ2) is 5.42. The van der Waals surface area contributed by atoms with E-state index in [1.165, 1.54) is 19.2 Å². The first-order chi connectivity index (χ1) is 7.69. The van der Waals surface area contributed by atoms with Gasteiger partial charge in [0, 0.05) is 0 Å². The minimum absolute atomic E-state index is 0.108. The van der Waals surface area contributed by atoms with E-state index in [1.54, 1.807) is 0 Å². The molecule has 0 radical (unpaired) electrons. The average Bonchev–Trinajstić information content (AvgIpc) is 2.35. The molecule has 0 fully saturated rings. The number of aldehydes is 1. The number of methoxy groups -OCH3 is 1. The van der Waals surface area contributed by atoms with Crippen LogP contribution < -0.4 is 4.74 Å². The van der Waals surface area contributed by atoms with Crippen molar-refractivity contribution < 1.29 is 14.3 Å². The lowest BCUT2D eigenvalue weighted by molar-refractivity contribution is 0.102. The summed E-state index contributed by atoms with van der Waals surface area (Å²) < 4.78 is 5.01. The van der Waals surface area contributed by atoms with Crippen molar-refractivity contribution in [2.45, 2.75) is 0 Å². The first-order valence-corrected chi connectivity index (χ1v) is 5.47. The normalized spacial score (nSPS) is 9.31. The molecule has 4 nitrogen and oxygen atoms in total. The molecule has 0 N–H and O–H groups in total. The summed E-state index contributed by atoms with van der Waals surface area (Å²) in [6.07, 6.45) is 0.516. The van der Waals surface area contributed by atoms with Crippen molar-refractivity contribution in [3.63, 3.8) is 0 Å². The fraction of sp³-hybridized carbons (Fsp3) is 0.182. The predicted octanol–water partition coefficient (Wildman–Crippen LogP) is 1.96. The number of ketones is 1. The zero-order valence-electron chi connectivity index (χ0n) is 8.49. The second-order valence-corrected chi connectivity index (χ2v) is 3.45. The van der Waals surface area contributed by atoms with Gasteiger partial charge < -0.3 is 4.74 Å². The molecule has 5 heteroatoms. The Bertz CT molecular complexity index is 477. The number of hydrogen-bond acceptors (Lipinski definition) is 4. The van der Waals surface area contributed by atoms with Gasteiger partial charge in [0.25, 0.3) is 0 Å². The Hall–Kier alpha value is -1.67. The lowest BCUT2D eigenvalue weighted by Gasteiger charge is -2.09. The molecule has 82 valence electrons. The summed E-state index contributed by atoms with van der Waals surface area (Å²) in [5.41, 5.74) is 0.593. The van der Waals surface area contributed by atoms with Crippen LogP contribution in [-0.2, 0) is 0 Å². The van der Waals surface area contributed by atoms with Crippen LogP contribution in [0.25, 0.3) is 0 Å². The van der Waals surface area contributed by atoms with Gasteiger partial charge in [-0.05, 0) is 12.1 Å². The molecular weight excluding hydrogens is 274 g/mol. The summed E-state index contributed by atoms with van der Waals surface area (Å²) in [6, 6.07) is 4.78. The van der Waals surface area contributed by atoms with E-state index in [-0.39, 0.29) is 28.0 Å². The number of ether oxygens (including phenoxy) is 1. The third-order valence-corrected chi connectivity index (χ3v) is 2.57. The van der Waals surface area contributed by atoms with Crippen LogP contribution >= 0.6 is 15.9 Å². The largest absolute Gasteiger partial charge is 0.495 e. The standard InChI is InChI=1S/C11H8BrNO3/c1-16-11-8(10(15)4-12)3-2-7(5-13)9(11)6-14/h2-3,6H,4H2,1H3. The van der Waals surface area contributed by atoms with Gasteiger partial charge in [0.05, 0.1) is 29.1 Å². The molecule has 0 unspecified atom stereocenters. The lowest BCUT2D eigenvalue weighted by atomic mass is 10.0. The highest BCUT2D eigenvalue weighted by molar-refractivity contribution is 9.09. The summed E-state index contributed by atoms with van der Waals surface area (Å²) in [5, 5.41) is 8.93. The van der Waals surface area contributed by atoms with Crippen molar-refractivity contribution in [2.75, 3.05) is 12.4 Å². The summed E-state index contributed by atoms with van der Waals surface area (Å²) in [6.45, 7) is 0. The molecule has 0 saturated carbocycles. The first-order valence-electron chi connectivity index (χ1n) is 4.35. The fourth-order valence-electron chi connectivity index (χ4n) is 1.33. The van der Waals surface area contributed by atoms with Gasteiger partial charge in [-0.2, -0.15) is 5.26 Å². The molecular formula is C11H8BrNO3. The Morgan fingerprint density at radius 3 is 2.75 bits per heavy atom. The van der Waals surface area contributed by atoms with Crippen LogP contribution in [0.2, 0.25) is 0 Å². The quantitative estimate of drug-likeness (QED) is 0.481. The highest BCUT2D eigenvalue weighted by Gasteiger charge is 2.17.